The number of benzene rings is 1. The molecule has 0 radical (unpaired) electrons. The Balaban J connectivity index is 1.35. The second-order valence-electron chi connectivity index (χ2n) is 7.68. The molecule has 2 heterocycles. The first-order valence-corrected chi connectivity index (χ1v) is 10.1. The molecule has 0 saturated carbocycles. The third kappa shape index (κ3) is 6.61. The lowest BCUT2D eigenvalue weighted by Crippen LogP contribution is -2.31. The number of likely N-dealkylation sites (tertiary alicyclic amines) is 1. The lowest BCUT2D eigenvalue weighted by atomic mass is 10.1. The molecule has 3 rings (SSSR count). The van der Waals surface area contributed by atoms with Crippen LogP contribution in [-0.4, -0.2) is 74.2 Å². The molecule has 2 aliphatic heterocycles. The van der Waals surface area contributed by atoms with Gasteiger partial charge in [-0.05, 0) is 76.6 Å². The maximum atomic E-state index is 5.93. The highest BCUT2D eigenvalue weighted by atomic mass is 16.5. The number of nitrogens with zero attached hydrogens (tertiary/aromatic N) is 3. The Hall–Kier alpha value is -1.10. The predicted molar refractivity (Wildman–Crippen MR) is 104 cm³/mol. The van der Waals surface area contributed by atoms with Crippen molar-refractivity contribution in [2.75, 3.05) is 59.5 Å². The standard InChI is InChI=1S/C21H35N3O/c1-22-11-5-14-24(17-16-22)19-20-7-9-21(10-8-20)25-18-6-15-23-12-3-2-4-13-23/h7-10H,2-6,11-19H2,1H3. The monoisotopic (exact) mass is 345 g/mol. The van der Waals surface area contributed by atoms with Crippen molar-refractivity contribution >= 4 is 0 Å². The topological polar surface area (TPSA) is 19.0 Å². The summed E-state index contributed by atoms with van der Waals surface area (Å²) < 4.78 is 5.93. The average Bonchev–Trinajstić information content (AvgIpc) is 2.85. The number of piperidine rings is 1. The summed E-state index contributed by atoms with van der Waals surface area (Å²) in [6.45, 7) is 10.4. The van der Waals surface area contributed by atoms with Gasteiger partial charge in [0.15, 0.2) is 0 Å². The second kappa shape index (κ2) is 10.1. The summed E-state index contributed by atoms with van der Waals surface area (Å²) in [4.78, 5) is 7.58. The third-order valence-electron chi connectivity index (χ3n) is 5.48. The van der Waals surface area contributed by atoms with Crippen LogP contribution in [0.2, 0.25) is 0 Å². The normalized spacial score (nSPS) is 21.2. The molecule has 2 fully saturated rings. The van der Waals surface area contributed by atoms with E-state index in [1.807, 2.05) is 0 Å². The summed E-state index contributed by atoms with van der Waals surface area (Å²) in [6, 6.07) is 8.74. The first-order valence-electron chi connectivity index (χ1n) is 10.1. The fourth-order valence-electron chi connectivity index (χ4n) is 3.87. The summed E-state index contributed by atoms with van der Waals surface area (Å²) in [7, 11) is 2.22. The van der Waals surface area contributed by atoms with Crippen molar-refractivity contribution in [2.45, 2.75) is 38.6 Å². The molecule has 4 heteroatoms. The highest BCUT2D eigenvalue weighted by Gasteiger charge is 2.12. The van der Waals surface area contributed by atoms with Crippen molar-refractivity contribution in [1.29, 1.82) is 0 Å². The van der Waals surface area contributed by atoms with Crippen LogP contribution in [0, 0.1) is 0 Å². The molecule has 0 amide bonds. The summed E-state index contributed by atoms with van der Waals surface area (Å²) >= 11 is 0. The molecule has 140 valence electrons. The fourth-order valence-corrected chi connectivity index (χ4v) is 3.87. The molecule has 1 aromatic rings. The molecule has 2 aliphatic rings. The smallest absolute Gasteiger partial charge is 0.119 e. The van der Waals surface area contributed by atoms with E-state index in [0.717, 1.165) is 25.3 Å². The predicted octanol–water partition coefficient (Wildman–Crippen LogP) is 3.08. The number of hydrogen-bond donors (Lipinski definition) is 0. The first kappa shape index (κ1) is 18.7. The number of hydrogen-bond acceptors (Lipinski definition) is 4. The minimum atomic E-state index is 0.828. The summed E-state index contributed by atoms with van der Waals surface area (Å²) in [5, 5.41) is 0. The lowest BCUT2D eigenvalue weighted by Gasteiger charge is -2.26. The van der Waals surface area contributed by atoms with Crippen LogP contribution in [0.1, 0.15) is 37.7 Å². The van der Waals surface area contributed by atoms with E-state index in [9.17, 15) is 0 Å². The van der Waals surface area contributed by atoms with Gasteiger partial charge in [0.1, 0.15) is 5.75 Å². The SMILES string of the molecule is CN1CCCN(Cc2ccc(OCCCN3CCCCC3)cc2)CC1. The Morgan fingerprint density at radius 3 is 2.36 bits per heavy atom. The quantitative estimate of drug-likeness (QED) is 0.707. The summed E-state index contributed by atoms with van der Waals surface area (Å²) in [6.07, 6.45) is 6.55. The zero-order valence-electron chi connectivity index (χ0n) is 16.0. The van der Waals surface area contributed by atoms with E-state index in [0.29, 0.717) is 0 Å². The van der Waals surface area contributed by atoms with Gasteiger partial charge in [0.05, 0.1) is 6.61 Å². The van der Waals surface area contributed by atoms with E-state index in [4.69, 9.17) is 4.74 Å². The molecule has 1 aromatic carbocycles. The summed E-state index contributed by atoms with van der Waals surface area (Å²) in [5.41, 5.74) is 1.39. The zero-order chi connectivity index (χ0) is 17.3. The summed E-state index contributed by atoms with van der Waals surface area (Å²) in [5.74, 6) is 1.01. The molecule has 0 spiro atoms. The highest BCUT2D eigenvalue weighted by Crippen LogP contribution is 2.15. The van der Waals surface area contributed by atoms with Crippen molar-refractivity contribution in [2.24, 2.45) is 0 Å². The zero-order valence-corrected chi connectivity index (χ0v) is 16.0. The van der Waals surface area contributed by atoms with Crippen LogP contribution in [0.15, 0.2) is 24.3 Å². The molecule has 0 N–H and O–H groups in total. The Morgan fingerprint density at radius 1 is 0.800 bits per heavy atom. The fraction of sp³-hybridized carbons (Fsp3) is 0.714. The van der Waals surface area contributed by atoms with Crippen molar-refractivity contribution in [3.63, 3.8) is 0 Å². The van der Waals surface area contributed by atoms with Crippen LogP contribution in [0.5, 0.6) is 5.75 Å². The molecular formula is C21H35N3O. The van der Waals surface area contributed by atoms with Gasteiger partial charge in [-0.2, -0.15) is 0 Å². The van der Waals surface area contributed by atoms with E-state index in [2.05, 4.69) is 46.0 Å². The van der Waals surface area contributed by atoms with Crippen molar-refractivity contribution in [3.8, 4) is 5.75 Å². The van der Waals surface area contributed by atoms with Crippen LogP contribution in [-0.2, 0) is 6.54 Å². The van der Waals surface area contributed by atoms with Gasteiger partial charge in [-0.25, -0.2) is 0 Å². The van der Waals surface area contributed by atoms with E-state index < -0.39 is 0 Å². The second-order valence-corrected chi connectivity index (χ2v) is 7.68. The van der Waals surface area contributed by atoms with Gasteiger partial charge in [0, 0.05) is 26.2 Å². The Morgan fingerprint density at radius 2 is 1.56 bits per heavy atom. The molecule has 0 atom stereocenters. The third-order valence-corrected chi connectivity index (χ3v) is 5.48. The van der Waals surface area contributed by atoms with Crippen LogP contribution < -0.4 is 4.74 Å². The van der Waals surface area contributed by atoms with Crippen molar-refractivity contribution < 1.29 is 4.74 Å². The molecule has 0 unspecified atom stereocenters. The van der Waals surface area contributed by atoms with Crippen LogP contribution >= 0.6 is 0 Å². The van der Waals surface area contributed by atoms with E-state index in [1.165, 1.54) is 77.1 Å². The van der Waals surface area contributed by atoms with Gasteiger partial charge >= 0.3 is 0 Å². The minimum Gasteiger partial charge on any atom is -0.494 e. The maximum absolute atomic E-state index is 5.93. The molecule has 25 heavy (non-hydrogen) atoms. The van der Waals surface area contributed by atoms with Gasteiger partial charge in [0.2, 0.25) is 0 Å². The van der Waals surface area contributed by atoms with Crippen LogP contribution in [0.25, 0.3) is 0 Å². The highest BCUT2D eigenvalue weighted by molar-refractivity contribution is 5.27. The van der Waals surface area contributed by atoms with E-state index in [1.54, 1.807) is 0 Å². The van der Waals surface area contributed by atoms with Gasteiger partial charge in [-0.15, -0.1) is 0 Å². The first-order chi connectivity index (χ1) is 12.3. The average molecular weight is 346 g/mol. The largest absolute Gasteiger partial charge is 0.494 e. The molecule has 0 aromatic heterocycles. The van der Waals surface area contributed by atoms with Gasteiger partial charge < -0.3 is 14.5 Å². The van der Waals surface area contributed by atoms with Gasteiger partial charge in [-0.1, -0.05) is 18.6 Å². The number of likely N-dealkylation sites (N-methyl/N-ethyl adjacent to an activating group) is 1. The molecule has 0 aliphatic carbocycles. The minimum absolute atomic E-state index is 0.828. The Labute approximate surface area is 153 Å². The Kier molecular flexibility index (Phi) is 7.58. The van der Waals surface area contributed by atoms with E-state index in [-0.39, 0.29) is 0 Å². The van der Waals surface area contributed by atoms with Gasteiger partial charge in [0.25, 0.3) is 0 Å². The number of rotatable bonds is 7. The molecule has 0 bridgehead atoms. The van der Waals surface area contributed by atoms with E-state index >= 15 is 0 Å². The Bertz CT molecular complexity index is 484. The van der Waals surface area contributed by atoms with Crippen LogP contribution in [0.4, 0.5) is 0 Å². The maximum Gasteiger partial charge on any atom is 0.119 e. The van der Waals surface area contributed by atoms with Crippen molar-refractivity contribution in [1.82, 2.24) is 14.7 Å². The lowest BCUT2D eigenvalue weighted by molar-refractivity contribution is 0.205. The number of ether oxygens (including phenoxy) is 1. The van der Waals surface area contributed by atoms with Crippen LogP contribution in [0.3, 0.4) is 0 Å². The van der Waals surface area contributed by atoms with Gasteiger partial charge in [-0.3, -0.25) is 4.90 Å². The van der Waals surface area contributed by atoms with Crippen molar-refractivity contribution in [3.05, 3.63) is 29.8 Å². The molecule has 4 nitrogen and oxygen atoms in total. The molecule has 2 saturated heterocycles. The molecular weight excluding hydrogens is 310 g/mol.